The minimum atomic E-state index is -0.538. The lowest BCUT2D eigenvalue weighted by molar-refractivity contribution is -0.122. The van der Waals surface area contributed by atoms with Gasteiger partial charge in [-0.3, -0.25) is 14.5 Å². The van der Waals surface area contributed by atoms with Gasteiger partial charge in [-0.1, -0.05) is 41.4 Å². The summed E-state index contributed by atoms with van der Waals surface area (Å²) in [4.78, 5) is 26.5. The first kappa shape index (κ1) is 21.2. The van der Waals surface area contributed by atoms with Crippen molar-refractivity contribution in [2.24, 2.45) is 0 Å². The van der Waals surface area contributed by atoms with E-state index in [2.05, 4.69) is 10.6 Å². The largest absolute Gasteiger partial charge is 0.325 e. The SMILES string of the molecule is Cc1cccc(NC(=O)CN(C)C(C)C(=O)Nc2cccc(Cl)c2Cl)c1C. The third kappa shape index (κ3) is 5.45. The number of carbonyl (C=O) groups excluding carboxylic acids is 2. The van der Waals surface area contributed by atoms with Crippen LogP contribution in [0.25, 0.3) is 0 Å². The zero-order chi connectivity index (χ0) is 20.1. The summed E-state index contributed by atoms with van der Waals surface area (Å²) in [7, 11) is 1.71. The molecule has 0 saturated carbocycles. The Morgan fingerprint density at radius 2 is 1.67 bits per heavy atom. The minimum Gasteiger partial charge on any atom is -0.325 e. The highest BCUT2D eigenvalue weighted by Gasteiger charge is 2.21. The third-order valence-corrected chi connectivity index (χ3v) is 5.34. The van der Waals surface area contributed by atoms with Crippen LogP contribution < -0.4 is 10.6 Å². The quantitative estimate of drug-likeness (QED) is 0.740. The Bertz CT molecular complexity index is 855. The van der Waals surface area contributed by atoms with Gasteiger partial charge in [-0.05, 0) is 57.1 Å². The molecule has 0 heterocycles. The van der Waals surface area contributed by atoms with Gasteiger partial charge in [-0.2, -0.15) is 0 Å². The molecule has 2 amide bonds. The van der Waals surface area contributed by atoms with Gasteiger partial charge in [-0.15, -0.1) is 0 Å². The van der Waals surface area contributed by atoms with Crippen LogP contribution in [0.5, 0.6) is 0 Å². The molecule has 0 fully saturated rings. The standard InChI is InChI=1S/C20H23Cl2N3O2/c1-12-7-5-9-16(13(12)2)23-18(26)11-25(4)14(3)20(27)24-17-10-6-8-15(21)19(17)22/h5-10,14H,11H2,1-4H3,(H,23,26)(H,24,27). The molecule has 2 aromatic rings. The fourth-order valence-corrected chi connectivity index (χ4v) is 2.83. The van der Waals surface area contributed by atoms with E-state index in [0.717, 1.165) is 16.8 Å². The second kappa shape index (κ2) is 9.22. The number of hydrogen-bond donors (Lipinski definition) is 2. The zero-order valence-electron chi connectivity index (χ0n) is 15.8. The molecule has 0 aromatic heterocycles. The second-order valence-electron chi connectivity index (χ2n) is 6.48. The van der Waals surface area contributed by atoms with Crippen LogP contribution in [0, 0.1) is 13.8 Å². The number of nitrogens with one attached hydrogen (secondary N) is 2. The summed E-state index contributed by atoms with van der Waals surface area (Å²) < 4.78 is 0. The molecule has 2 N–H and O–H groups in total. The van der Waals surface area contributed by atoms with E-state index in [-0.39, 0.29) is 23.4 Å². The first-order valence-electron chi connectivity index (χ1n) is 8.52. The zero-order valence-corrected chi connectivity index (χ0v) is 17.3. The van der Waals surface area contributed by atoms with Crippen LogP contribution in [0.2, 0.25) is 10.0 Å². The van der Waals surface area contributed by atoms with Gasteiger partial charge in [0, 0.05) is 5.69 Å². The van der Waals surface area contributed by atoms with Crippen LogP contribution in [0.1, 0.15) is 18.1 Å². The number of rotatable bonds is 6. The molecule has 2 aromatic carbocycles. The van der Waals surface area contributed by atoms with Crippen LogP contribution >= 0.6 is 23.2 Å². The number of anilines is 2. The number of halogens is 2. The van der Waals surface area contributed by atoms with Gasteiger partial charge >= 0.3 is 0 Å². The lowest BCUT2D eigenvalue weighted by Crippen LogP contribution is -2.43. The van der Waals surface area contributed by atoms with Crippen molar-refractivity contribution in [3.05, 3.63) is 57.6 Å². The van der Waals surface area contributed by atoms with Crippen molar-refractivity contribution in [2.75, 3.05) is 24.2 Å². The predicted octanol–water partition coefficient (Wildman–Crippen LogP) is 4.51. The summed E-state index contributed by atoms with van der Waals surface area (Å²) in [5.74, 6) is -0.465. The highest BCUT2D eigenvalue weighted by molar-refractivity contribution is 6.44. The van der Waals surface area contributed by atoms with E-state index in [1.807, 2.05) is 32.0 Å². The highest BCUT2D eigenvalue weighted by Crippen LogP contribution is 2.29. The molecular formula is C20H23Cl2N3O2. The Morgan fingerprint density at radius 3 is 2.37 bits per heavy atom. The van der Waals surface area contributed by atoms with Crippen molar-refractivity contribution in [3.8, 4) is 0 Å². The highest BCUT2D eigenvalue weighted by atomic mass is 35.5. The van der Waals surface area contributed by atoms with Gasteiger partial charge in [-0.25, -0.2) is 0 Å². The number of benzene rings is 2. The maximum Gasteiger partial charge on any atom is 0.241 e. The third-order valence-electron chi connectivity index (χ3n) is 4.52. The first-order chi connectivity index (χ1) is 12.7. The number of carbonyl (C=O) groups is 2. The molecule has 2 rings (SSSR count). The number of nitrogens with zero attached hydrogens (tertiary/aromatic N) is 1. The molecule has 5 nitrogen and oxygen atoms in total. The maximum absolute atomic E-state index is 12.5. The molecule has 1 atom stereocenters. The van der Waals surface area contributed by atoms with Gasteiger partial charge in [0.2, 0.25) is 11.8 Å². The van der Waals surface area contributed by atoms with Crippen molar-refractivity contribution in [1.82, 2.24) is 4.90 Å². The van der Waals surface area contributed by atoms with E-state index in [0.29, 0.717) is 10.7 Å². The van der Waals surface area contributed by atoms with Crippen molar-refractivity contribution in [1.29, 1.82) is 0 Å². The van der Waals surface area contributed by atoms with Crippen LogP contribution in [0.3, 0.4) is 0 Å². The molecule has 7 heteroatoms. The number of amides is 2. The Morgan fingerprint density at radius 1 is 1.04 bits per heavy atom. The number of likely N-dealkylation sites (N-methyl/N-ethyl adjacent to an activating group) is 1. The Labute approximate surface area is 169 Å². The van der Waals surface area contributed by atoms with Gasteiger partial charge in [0.25, 0.3) is 0 Å². The second-order valence-corrected chi connectivity index (χ2v) is 7.26. The molecule has 0 saturated heterocycles. The summed E-state index contributed by atoms with van der Waals surface area (Å²) in [6.45, 7) is 5.74. The molecule has 0 bridgehead atoms. The summed E-state index contributed by atoms with van der Waals surface area (Å²) >= 11 is 12.1. The average molecular weight is 408 g/mol. The van der Waals surface area contributed by atoms with Crippen LogP contribution in [-0.2, 0) is 9.59 Å². The number of hydrogen-bond acceptors (Lipinski definition) is 3. The van der Waals surface area contributed by atoms with Gasteiger partial charge in [0.1, 0.15) is 0 Å². The summed E-state index contributed by atoms with van der Waals surface area (Å²) in [6.07, 6.45) is 0. The van der Waals surface area contributed by atoms with E-state index < -0.39 is 6.04 Å². The lowest BCUT2D eigenvalue weighted by Gasteiger charge is -2.24. The fraction of sp³-hybridized carbons (Fsp3) is 0.300. The summed E-state index contributed by atoms with van der Waals surface area (Å²) in [5.41, 5.74) is 3.34. The first-order valence-corrected chi connectivity index (χ1v) is 9.27. The fourth-order valence-electron chi connectivity index (χ4n) is 2.48. The van der Waals surface area contributed by atoms with Crippen molar-refractivity contribution >= 4 is 46.4 Å². The van der Waals surface area contributed by atoms with Crippen molar-refractivity contribution in [3.63, 3.8) is 0 Å². The molecule has 1 unspecified atom stereocenters. The molecule has 0 aliphatic carbocycles. The normalized spacial score (nSPS) is 12.0. The van der Waals surface area contributed by atoms with E-state index >= 15 is 0 Å². The van der Waals surface area contributed by atoms with E-state index in [1.54, 1.807) is 37.1 Å². The number of aryl methyl sites for hydroxylation is 1. The maximum atomic E-state index is 12.5. The van der Waals surface area contributed by atoms with Crippen LogP contribution in [-0.4, -0.2) is 36.3 Å². The molecule has 0 radical (unpaired) electrons. The Hall–Kier alpha value is -2.08. The average Bonchev–Trinajstić information content (AvgIpc) is 2.62. The monoisotopic (exact) mass is 407 g/mol. The molecule has 0 spiro atoms. The van der Waals surface area contributed by atoms with Crippen LogP contribution in [0.4, 0.5) is 11.4 Å². The van der Waals surface area contributed by atoms with Gasteiger partial charge < -0.3 is 10.6 Å². The summed E-state index contributed by atoms with van der Waals surface area (Å²) in [5, 5.41) is 6.28. The Balaban J connectivity index is 1.96. The lowest BCUT2D eigenvalue weighted by atomic mass is 10.1. The van der Waals surface area contributed by atoms with Crippen LogP contribution in [0.15, 0.2) is 36.4 Å². The minimum absolute atomic E-state index is 0.0746. The van der Waals surface area contributed by atoms with E-state index in [1.165, 1.54) is 0 Å². The predicted molar refractivity (Wildman–Crippen MR) is 112 cm³/mol. The van der Waals surface area contributed by atoms with Gasteiger partial charge in [0.05, 0.1) is 28.3 Å². The molecular weight excluding hydrogens is 385 g/mol. The molecule has 144 valence electrons. The van der Waals surface area contributed by atoms with Crippen molar-refractivity contribution < 1.29 is 9.59 Å². The topological polar surface area (TPSA) is 61.4 Å². The molecule has 27 heavy (non-hydrogen) atoms. The molecule has 0 aliphatic rings. The summed E-state index contributed by atoms with van der Waals surface area (Å²) in [6, 6.07) is 10.2. The van der Waals surface area contributed by atoms with Crippen molar-refractivity contribution in [2.45, 2.75) is 26.8 Å². The van der Waals surface area contributed by atoms with E-state index in [9.17, 15) is 9.59 Å². The Kier molecular flexibility index (Phi) is 7.25. The molecule has 0 aliphatic heterocycles. The van der Waals surface area contributed by atoms with Gasteiger partial charge in [0.15, 0.2) is 0 Å². The van der Waals surface area contributed by atoms with E-state index in [4.69, 9.17) is 23.2 Å². The smallest absolute Gasteiger partial charge is 0.241 e.